The number of carbonyl (C=O) groups is 1. The summed E-state index contributed by atoms with van der Waals surface area (Å²) in [6.07, 6.45) is 7.47. The number of rotatable bonds is 6. The highest BCUT2D eigenvalue weighted by atomic mass is 35.5. The summed E-state index contributed by atoms with van der Waals surface area (Å²) in [6.45, 7) is 5.03. The Bertz CT molecular complexity index is 1050. The van der Waals surface area contributed by atoms with Gasteiger partial charge in [-0.2, -0.15) is 4.31 Å². The van der Waals surface area contributed by atoms with Crippen molar-refractivity contribution < 1.29 is 13.2 Å². The lowest BCUT2D eigenvalue weighted by Gasteiger charge is -2.20. The second kappa shape index (κ2) is 8.78. The predicted molar refractivity (Wildman–Crippen MR) is 120 cm³/mol. The summed E-state index contributed by atoms with van der Waals surface area (Å²) in [5.74, 6) is -0.371. The molecule has 160 valence electrons. The fourth-order valence-electron chi connectivity index (χ4n) is 3.88. The average molecular weight is 466 g/mol. The molecule has 0 radical (unpaired) electrons. The first-order valence-corrected chi connectivity index (χ1v) is 12.8. The molecular formula is C21H24ClN3O3S2. The van der Waals surface area contributed by atoms with Crippen LogP contribution < -0.4 is 4.90 Å². The SMILES string of the molecule is C=CCN(C(=O)c1cc(S(=O)(=O)N2CCCC2)ccc1Cl)c1nc2c(s1)CCCC2. The number of halogens is 1. The number of amides is 1. The third-order valence-corrected chi connectivity index (χ3v) is 8.90. The van der Waals surface area contributed by atoms with Crippen molar-refractivity contribution in [2.45, 2.75) is 43.4 Å². The summed E-state index contributed by atoms with van der Waals surface area (Å²) in [7, 11) is -3.65. The number of anilines is 1. The van der Waals surface area contributed by atoms with Crippen LogP contribution >= 0.6 is 22.9 Å². The Morgan fingerprint density at radius 1 is 1.23 bits per heavy atom. The van der Waals surface area contributed by atoms with Crippen molar-refractivity contribution in [3.63, 3.8) is 0 Å². The molecule has 6 nitrogen and oxygen atoms in total. The summed E-state index contributed by atoms with van der Waals surface area (Å²) < 4.78 is 27.4. The van der Waals surface area contributed by atoms with Gasteiger partial charge in [-0.25, -0.2) is 13.4 Å². The highest BCUT2D eigenvalue weighted by Gasteiger charge is 2.30. The van der Waals surface area contributed by atoms with Crippen LogP contribution in [0.1, 0.15) is 46.6 Å². The summed E-state index contributed by atoms with van der Waals surface area (Å²) in [6, 6.07) is 4.34. The van der Waals surface area contributed by atoms with Crippen LogP contribution in [0.5, 0.6) is 0 Å². The molecule has 1 aromatic carbocycles. The molecule has 0 atom stereocenters. The largest absolute Gasteiger partial charge is 0.280 e. The zero-order chi connectivity index (χ0) is 21.3. The van der Waals surface area contributed by atoms with Crippen LogP contribution in [-0.4, -0.2) is 43.2 Å². The lowest BCUT2D eigenvalue weighted by molar-refractivity contribution is 0.0989. The van der Waals surface area contributed by atoms with E-state index in [-0.39, 0.29) is 27.9 Å². The number of benzene rings is 1. The molecule has 1 saturated heterocycles. The lowest BCUT2D eigenvalue weighted by Crippen LogP contribution is -2.32. The fourth-order valence-corrected chi connectivity index (χ4v) is 6.78. The first-order chi connectivity index (χ1) is 14.4. The molecule has 9 heteroatoms. The van der Waals surface area contributed by atoms with E-state index < -0.39 is 10.0 Å². The Morgan fingerprint density at radius 2 is 1.97 bits per heavy atom. The number of thiazole rings is 1. The van der Waals surface area contributed by atoms with Crippen molar-refractivity contribution in [1.29, 1.82) is 0 Å². The van der Waals surface area contributed by atoms with Gasteiger partial charge in [0.1, 0.15) is 0 Å². The third-order valence-electron chi connectivity index (χ3n) is 5.49. The molecule has 0 spiro atoms. The molecule has 0 bridgehead atoms. The first-order valence-electron chi connectivity index (χ1n) is 10.1. The van der Waals surface area contributed by atoms with Gasteiger partial charge in [-0.15, -0.1) is 17.9 Å². The molecule has 2 aliphatic rings. The van der Waals surface area contributed by atoms with E-state index in [2.05, 4.69) is 11.6 Å². The van der Waals surface area contributed by atoms with Crippen LogP contribution in [-0.2, 0) is 22.9 Å². The predicted octanol–water partition coefficient (Wildman–Crippen LogP) is 4.29. The highest BCUT2D eigenvalue weighted by molar-refractivity contribution is 7.89. The minimum atomic E-state index is -3.65. The van der Waals surface area contributed by atoms with Crippen molar-refractivity contribution in [3.05, 3.63) is 52.0 Å². The number of fused-ring (bicyclic) bond motifs is 1. The third kappa shape index (κ3) is 4.06. The van der Waals surface area contributed by atoms with Crippen molar-refractivity contribution in [2.75, 3.05) is 24.5 Å². The van der Waals surface area contributed by atoms with Crippen LogP contribution in [0.25, 0.3) is 0 Å². The molecule has 1 amide bonds. The number of carbonyl (C=O) groups excluding carboxylic acids is 1. The second-order valence-electron chi connectivity index (χ2n) is 7.53. The van der Waals surface area contributed by atoms with Gasteiger partial charge in [0, 0.05) is 24.5 Å². The van der Waals surface area contributed by atoms with Gasteiger partial charge in [0.05, 0.1) is 21.2 Å². The highest BCUT2D eigenvalue weighted by Crippen LogP contribution is 2.34. The van der Waals surface area contributed by atoms with E-state index >= 15 is 0 Å². The van der Waals surface area contributed by atoms with E-state index in [0.717, 1.165) is 44.2 Å². The number of hydrogen-bond acceptors (Lipinski definition) is 5. The first kappa shape index (κ1) is 21.5. The van der Waals surface area contributed by atoms with E-state index in [1.807, 2.05) is 0 Å². The van der Waals surface area contributed by atoms with E-state index in [1.165, 1.54) is 43.6 Å². The van der Waals surface area contributed by atoms with E-state index in [4.69, 9.17) is 11.6 Å². The number of aryl methyl sites for hydroxylation is 2. The molecule has 0 unspecified atom stereocenters. The maximum absolute atomic E-state index is 13.4. The van der Waals surface area contributed by atoms with Gasteiger partial charge in [0.2, 0.25) is 10.0 Å². The van der Waals surface area contributed by atoms with E-state index in [0.29, 0.717) is 18.2 Å². The lowest BCUT2D eigenvalue weighted by atomic mass is 10.0. The van der Waals surface area contributed by atoms with Crippen molar-refractivity contribution in [2.24, 2.45) is 0 Å². The topological polar surface area (TPSA) is 70.6 Å². The maximum atomic E-state index is 13.4. The Morgan fingerprint density at radius 3 is 2.67 bits per heavy atom. The normalized spacial score (nSPS) is 17.0. The molecule has 2 heterocycles. The van der Waals surface area contributed by atoms with Crippen LogP contribution in [0.3, 0.4) is 0 Å². The summed E-state index contributed by atoms with van der Waals surface area (Å²) in [5.41, 5.74) is 1.21. The minimum absolute atomic E-state index is 0.0918. The van der Waals surface area contributed by atoms with E-state index in [1.54, 1.807) is 6.08 Å². The van der Waals surface area contributed by atoms with Crippen molar-refractivity contribution in [3.8, 4) is 0 Å². The van der Waals surface area contributed by atoms with Gasteiger partial charge >= 0.3 is 0 Å². The molecule has 0 saturated carbocycles. The van der Waals surface area contributed by atoms with Crippen LogP contribution in [0, 0.1) is 0 Å². The van der Waals surface area contributed by atoms with Crippen molar-refractivity contribution in [1.82, 2.24) is 9.29 Å². The summed E-state index contributed by atoms with van der Waals surface area (Å²) >= 11 is 7.85. The Labute approximate surface area is 186 Å². The maximum Gasteiger partial charge on any atom is 0.261 e. The molecule has 1 fully saturated rings. The van der Waals surface area contributed by atoms with Gasteiger partial charge in [-0.1, -0.05) is 17.7 Å². The van der Waals surface area contributed by atoms with Crippen LogP contribution in [0.15, 0.2) is 35.7 Å². The number of nitrogens with zero attached hydrogens (tertiary/aromatic N) is 3. The Balaban J connectivity index is 1.69. The molecule has 2 aromatic rings. The number of aromatic nitrogens is 1. The average Bonchev–Trinajstić information content (AvgIpc) is 3.41. The van der Waals surface area contributed by atoms with Gasteiger partial charge in [0.25, 0.3) is 5.91 Å². The van der Waals surface area contributed by atoms with E-state index in [9.17, 15) is 13.2 Å². The van der Waals surface area contributed by atoms with Gasteiger partial charge in [-0.05, 0) is 56.7 Å². The molecule has 1 aliphatic heterocycles. The Hall–Kier alpha value is -1.74. The fraction of sp³-hybridized carbons (Fsp3) is 0.429. The molecule has 30 heavy (non-hydrogen) atoms. The molecule has 1 aromatic heterocycles. The van der Waals surface area contributed by atoms with Crippen LogP contribution in [0.4, 0.5) is 5.13 Å². The molecule has 0 N–H and O–H groups in total. The second-order valence-corrected chi connectivity index (χ2v) is 10.9. The number of hydrogen-bond donors (Lipinski definition) is 0. The van der Waals surface area contributed by atoms with Crippen LogP contribution in [0.2, 0.25) is 5.02 Å². The molecule has 1 aliphatic carbocycles. The van der Waals surface area contributed by atoms with Crippen molar-refractivity contribution >= 4 is 44.0 Å². The zero-order valence-corrected chi connectivity index (χ0v) is 19.0. The zero-order valence-electron chi connectivity index (χ0n) is 16.6. The molecular weight excluding hydrogens is 442 g/mol. The van der Waals surface area contributed by atoms with Gasteiger partial charge in [-0.3, -0.25) is 9.69 Å². The standard InChI is InChI=1S/C21H24ClN3O3S2/c1-2-11-25(21-23-18-7-3-4-8-19(18)29-21)20(26)16-14-15(9-10-17(16)22)30(27,28)24-12-5-6-13-24/h2,9-10,14H,1,3-8,11-13H2. The minimum Gasteiger partial charge on any atom is -0.280 e. The Kier molecular flexibility index (Phi) is 6.29. The van der Waals surface area contributed by atoms with Gasteiger partial charge in [0.15, 0.2) is 5.13 Å². The summed E-state index contributed by atoms with van der Waals surface area (Å²) in [4.78, 5) is 20.9. The smallest absolute Gasteiger partial charge is 0.261 e. The molecule has 4 rings (SSSR count). The number of sulfonamides is 1. The summed E-state index contributed by atoms with van der Waals surface area (Å²) in [5, 5.41) is 0.825. The quantitative estimate of drug-likeness (QED) is 0.596. The van der Waals surface area contributed by atoms with Gasteiger partial charge < -0.3 is 0 Å². The monoisotopic (exact) mass is 465 g/mol.